The number of aromatic nitrogens is 1. The second-order valence-corrected chi connectivity index (χ2v) is 7.60. The molecule has 5 nitrogen and oxygen atoms in total. The number of hydrogen-bond acceptors (Lipinski definition) is 4. The summed E-state index contributed by atoms with van der Waals surface area (Å²) in [6.45, 7) is 0.363. The molecule has 1 aromatic carbocycles. The molecule has 144 valence electrons. The smallest absolute Gasteiger partial charge is 0.170 e. The molecule has 0 amide bonds. The highest BCUT2D eigenvalue weighted by molar-refractivity contribution is 7.80. The zero-order valence-electron chi connectivity index (χ0n) is 14.7. The maximum Gasteiger partial charge on any atom is 0.170 e. The summed E-state index contributed by atoms with van der Waals surface area (Å²) in [4.78, 5) is 6.38. The number of pyridine rings is 1. The number of halogens is 2. The van der Waals surface area contributed by atoms with Crippen LogP contribution >= 0.6 is 35.4 Å². The van der Waals surface area contributed by atoms with Crippen LogP contribution in [-0.2, 0) is 0 Å². The second kappa shape index (κ2) is 8.09. The zero-order valence-corrected chi connectivity index (χ0v) is 17.0. The number of aliphatic hydroxyl groups is 1. The summed E-state index contributed by atoms with van der Waals surface area (Å²) in [6.07, 6.45) is 1.74. The largest absolute Gasteiger partial charge is 0.459 e. The van der Waals surface area contributed by atoms with Gasteiger partial charge in [-0.15, -0.1) is 0 Å². The van der Waals surface area contributed by atoms with E-state index in [4.69, 9.17) is 39.8 Å². The summed E-state index contributed by atoms with van der Waals surface area (Å²) < 4.78 is 6.17. The molecule has 1 aliphatic heterocycles. The van der Waals surface area contributed by atoms with Crippen LogP contribution in [0.25, 0.3) is 11.3 Å². The van der Waals surface area contributed by atoms with Crippen molar-refractivity contribution in [3.8, 4) is 11.3 Å². The average molecular weight is 434 g/mol. The minimum absolute atomic E-state index is 0.0240. The summed E-state index contributed by atoms with van der Waals surface area (Å²) >= 11 is 17.8. The molecule has 0 saturated carbocycles. The van der Waals surface area contributed by atoms with Gasteiger partial charge in [-0.3, -0.25) is 4.98 Å². The summed E-state index contributed by atoms with van der Waals surface area (Å²) in [5.41, 5.74) is 1.60. The first-order chi connectivity index (χ1) is 13.6. The number of furan rings is 1. The molecule has 2 aromatic heterocycles. The highest BCUT2D eigenvalue weighted by atomic mass is 35.5. The predicted molar refractivity (Wildman–Crippen MR) is 113 cm³/mol. The van der Waals surface area contributed by atoms with E-state index in [2.05, 4.69) is 10.3 Å². The molecule has 3 heterocycles. The number of nitrogens with one attached hydrogen (secondary N) is 1. The first-order valence-electron chi connectivity index (χ1n) is 8.72. The SMILES string of the molecule is OCCN1C(=S)N[C@H](c2ccccn2)[C@H]1c1ccc(-c2ccc(Cl)cc2Cl)o1. The summed E-state index contributed by atoms with van der Waals surface area (Å²) in [5.74, 6) is 1.34. The van der Waals surface area contributed by atoms with Crippen molar-refractivity contribution in [2.45, 2.75) is 12.1 Å². The lowest BCUT2D eigenvalue weighted by molar-refractivity contribution is 0.209. The van der Waals surface area contributed by atoms with Crippen LogP contribution in [0.3, 0.4) is 0 Å². The highest BCUT2D eigenvalue weighted by Crippen LogP contribution is 2.41. The molecule has 3 aromatic rings. The zero-order chi connectivity index (χ0) is 19.7. The van der Waals surface area contributed by atoms with Gasteiger partial charge in [0.25, 0.3) is 0 Å². The first kappa shape index (κ1) is 19.2. The molecule has 0 spiro atoms. The Balaban J connectivity index is 1.73. The van der Waals surface area contributed by atoms with Crippen molar-refractivity contribution in [1.82, 2.24) is 15.2 Å². The predicted octanol–water partition coefficient (Wildman–Crippen LogP) is 4.61. The number of thiocarbonyl (C=S) groups is 1. The third kappa shape index (κ3) is 3.61. The van der Waals surface area contributed by atoms with E-state index < -0.39 is 0 Å². The van der Waals surface area contributed by atoms with Gasteiger partial charge < -0.3 is 19.7 Å². The van der Waals surface area contributed by atoms with Gasteiger partial charge in [0, 0.05) is 23.3 Å². The van der Waals surface area contributed by atoms with Crippen molar-refractivity contribution in [3.63, 3.8) is 0 Å². The van der Waals surface area contributed by atoms with Gasteiger partial charge in [-0.1, -0.05) is 29.3 Å². The van der Waals surface area contributed by atoms with E-state index in [-0.39, 0.29) is 18.7 Å². The summed E-state index contributed by atoms with van der Waals surface area (Å²) in [5, 5.41) is 14.4. The quantitative estimate of drug-likeness (QED) is 0.572. The van der Waals surface area contributed by atoms with Crippen molar-refractivity contribution in [3.05, 3.63) is 76.2 Å². The Morgan fingerprint density at radius 2 is 2.04 bits per heavy atom. The van der Waals surface area contributed by atoms with E-state index in [0.717, 1.165) is 11.3 Å². The standard InChI is InChI=1S/C20H17Cl2N3O2S/c21-12-4-5-13(14(22)11-12)16-6-7-17(27-16)19-18(15-3-1-2-8-23-15)24-20(28)25(19)9-10-26/h1-8,11,18-19,26H,9-10H2,(H,24,28)/t18-,19-/m1/s1. The Morgan fingerprint density at radius 1 is 1.18 bits per heavy atom. The minimum Gasteiger partial charge on any atom is -0.459 e. The number of aliphatic hydroxyl groups excluding tert-OH is 1. The van der Waals surface area contributed by atoms with Crippen LogP contribution in [0.1, 0.15) is 23.5 Å². The topological polar surface area (TPSA) is 61.5 Å². The Bertz CT molecular complexity index is 996. The van der Waals surface area contributed by atoms with Gasteiger partial charge in [0.15, 0.2) is 5.11 Å². The molecule has 0 radical (unpaired) electrons. The van der Waals surface area contributed by atoms with Crippen LogP contribution in [0.5, 0.6) is 0 Å². The Kier molecular flexibility index (Phi) is 5.55. The normalized spacial score (nSPS) is 19.1. The van der Waals surface area contributed by atoms with Gasteiger partial charge in [0.05, 0.1) is 23.4 Å². The van der Waals surface area contributed by atoms with Gasteiger partial charge >= 0.3 is 0 Å². The summed E-state index contributed by atoms with van der Waals surface area (Å²) in [6, 6.07) is 14.4. The lowest BCUT2D eigenvalue weighted by Gasteiger charge is -2.25. The number of β-amino-alcohol motifs (C(OH)–C–C–N with tert-alkyl or cyclic N) is 1. The third-order valence-electron chi connectivity index (χ3n) is 4.65. The number of hydrogen-bond donors (Lipinski definition) is 2. The molecule has 0 aliphatic carbocycles. The number of nitrogens with zero attached hydrogens (tertiary/aromatic N) is 2. The third-order valence-corrected chi connectivity index (χ3v) is 5.55. The number of benzene rings is 1. The molecule has 2 N–H and O–H groups in total. The van der Waals surface area contributed by atoms with Gasteiger partial charge in [0.1, 0.15) is 17.6 Å². The van der Waals surface area contributed by atoms with Crippen molar-refractivity contribution in [2.24, 2.45) is 0 Å². The molecule has 0 unspecified atom stereocenters. The average Bonchev–Trinajstić information content (AvgIpc) is 3.28. The molecule has 1 fully saturated rings. The summed E-state index contributed by atoms with van der Waals surface area (Å²) in [7, 11) is 0. The van der Waals surface area contributed by atoms with Crippen molar-refractivity contribution in [1.29, 1.82) is 0 Å². The molecular formula is C20H17Cl2N3O2S. The van der Waals surface area contributed by atoms with Gasteiger partial charge in [-0.2, -0.15) is 0 Å². The van der Waals surface area contributed by atoms with Crippen LogP contribution in [-0.4, -0.2) is 33.3 Å². The van der Waals surface area contributed by atoms with E-state index in [1.165, 1.54) is 0 Å². The fraction of sp³-hybridized carbons (Fsp3) is 0.200. The Morgan fingerprint density at radius 3 is 2.75 bits per heavy atom. The fourth-order valence-electron chi connectivity index (χ4n) is 3.41. The fourth-order valence-corrected chi connectivity index (χ4v) is 4.24. The van der Waals surface area contributed by atoms with E-state index in [1.54, 1.807) is 18.3 Å². The van der Waals surface area contributed by atoms with Crippen LogP contribution < -0.4 is 5.32 Å². The molecule has 0 bridgehead atoms. The maximum atomic E-state index is 9.51. The van der Waals surface area contributed by atoms with E-state index in [1.807, 2.05) is 41.3 Å². The van der Waals surface area contributed by atoms with Crippen molar-refractivity contribution in [2.75, 3.05) is 13.2 Å². The monoisotopic (exact) mass is 433 g/mol. The van der Waals surface area contributed by atoms with E-state index >= 15 is 0 Å². The molecule has 1 saturated heterocycles. The Labute approximate surface area is 177 Å². The van der Waals surface area contributed by atoms with Crippen LogP contribution in [0.2, 0.25) is 10.0 Å². The molecule has 8 heteroatoms. The molecule has 2 atom stereocenters. The van der Waals surface area contributed by atoms with E-state index in [0.29, 0.717) is 33.2 Å². The van der Waals surface area contributed by atoms with E-state index in [9.17, 15) is 5.11 Å². The highest BCUT2D eigenvalue weighted by Gasteiger charge is 2.41. The van der Waals surface area contributed by atoms with Gasteiger partial charge in [0.2, 0.25) is 0 Å². The number of rotatable bonds is 5. The van der Waals surface area contributed by atoms with Crippen LogP contribution in [0, 0.1) is 0 Å². The lowest BCUT2D eigenvalue weighted by atomic mass is 10.0. The molecule has 1 aliphatic rings. The minimum atomic E-state index is -0.241. The van der Waals surface area contributed by atoms with Crippen molar-refractivity contribution >= 4 is 40.5 Å². The second-order valence-electron chi connectivity index (χ2n) is 6.37. The van der Waals surface area contributed by atoms with Crippen LogP contribution in [0.4, 0.5) is 0 Å². The Hall–Kier alpha value is -2.12. The molecular weight excluding hydrogens is 417 g/mol. The van der Waals surface area contributed by atoms with Gasteiger partial charge in [-0.05, 0) is 54.7 Å². The van der Waals surface area contributed by atoms with Crippen LogP contribution in [0.15, 0.2) is 59.1 Å². The van der Waals surface area contributed by atoms with Gasteiger partial charge in [-0.25, -0.2) is 0 Å². The van der Waals surface area contributed by atoms with Crippen molar-refractivity contribution < 1.29 is 9.52 Å². The lowest BCUT2D eigenvalue weighted by Crippen LogP contribution is -2.32. The molecule has 4 rings (SSSR count). The molecule has 28 heavy (non-hydrogen) atoms. The first-order valence-corrected chi connectivity index (χ1v) is 9.89. The maximum absolute atomic E-state index is 9.51.